The molecule has 1 aromatic rings. The van der Waals surface area contributed by atoms with Gasteiger partial charge < -0.3 is 0 Å². The lowest BCUT2D eigenvalue weighted by Gasteiger charge is -2.11. The highest BCUT2D eigenvalue weighted by Gasteiger charge is 2.37. The second kappa shape index (κ2) is 5.36. The van der Waals surface area contributed by atoms with E-state index in [0.29, 0.717) is 13.0 Å². The minimum atomic E-state index is -4.24. The summed E-state index contributed by atoms with van der Waals surface area (Å²) >= 11 is 0. The summed E-state index contributed by atoms with van der Waals surface area (Å²) in [6.45, 7) is 4.33. The van der Waals surface area contributed by atoms with Gasteiger partial charge in [-0.25, -0.2) is 4.58 Å². The number of benzene rings is 1. The molecular formula is C13H16NO5S2+. The maximum atomic E-state index is 11.2. The highest BCUT2D eigenvalue weighted by atomic mass is 32.2. The number of rotatable bonds is 4. The summed E-state index contributed by atoms with van der Waals surface area (Å²) in [4.78, 5) is -0.142. The van der Waals surface area contributed by atoms with E-state index in [1.54, 1.807) is 6.07 Å². The van der Waals surface area contributed by atoms with Crippen LogP contribution in [-0.4, -0.2) is 44.1 Å². The Balaban J connectivity index is 2.43. The third kappa shape index (κ3) is 3.39. The van der Waals surface area contributed by atoms with Gasteiger partial charge in [0, 0.05) is 23.4 Å². The summed E-state index contributed by atoms with van der Waals surface area (Å²) in [6.07, 6.45) is 2.29. The van der Waals surface area contributed by atoms with Crippen molar-refractivity contribution in [2.24, 2.45) is 0 Å². The summed E-state index contributed by atoms with van der Waals surface area (Å²) in [5, 5.41) is 1.19. The minimum absolute atomic E-state index is 0.142. The van der Waals surface area contributed by atoms with Gasteiger partial charge in [-0.3, -0.25) is 4.55 Å². The number of hydrogen-bond donors (Lipinski definition) is 1. The van der Waals surface area contributed by atoms with E-state index in [9.17, 15) is 16.8 Å². The van der Waals surface area contributed by atoms with E-state index in [0.717, 1.165) is 11.3 Å². The molecule has 114 valence electrons. The molecule has 0 spiro atoms. The third-order valence-electron chi connectivity index (χ3n) is 3.37. The first-order valence-corrected chi connectivity index (χ1v) is 8.85. The average Bonchev–Trinajstić information content (AvgIpc) is 2.59. The molecule has 2 rings (SSSR count). The molecule has 0 unspecified atom stereocenters. The fourth-order valence-electron chi connectivity index (χ4n) is 2.44. The molecule has 1 aromatic carbocycles. The summed E-state index contributed by atoms with van der Waals surface area (Å²) in [7, 11) is -6.43. The molecule has 6 nitrogen and oxygen atoms in total. The Morgan fingerprint density at radius 2 is 2.00 bits per heavy atom. The predicted octanol–water partition coefficient (Wildman–Crippen LogP) is 1.01. The van der Waals surface area contributed by atoms with E-state index in [1.807, 2.05) is 24.6 Å². The van der Waals surface area contributed by atoms with Crippen molar-refractivity contribution < 1.29 is 26.0 Å². The Morgan fingerprint density at radius 1 is 1.33 bits per heavy atom. The number of hydrogen-bond acceptors (Lipinski definition) is 4. The van der Waals surface area contributed by atoms with Crippen LogP contribution < -0.4 is 0 Å². The van der Waals surface area contributed by atoms with E-state index in [4.69, 9.17) is 4.55 Å². The highest BCUT2D eigenvalue weighted by Crippen LogP contribution is 2.37. The summed E-state index contributed by atoms with van der Waals surface area (Å²) in [5.74, 6) is 0. The van der Waals surface area contributed by atoms with Crippen LogP contribution in [0.15, 0.2) is 23.1 Å². The van der Waals surface area contributed by atoms with Crippen molar-refractivity contribution in [3.63, 3.8) is 0 Å². The van der Waals surface area contributed by atoms with E-state index < -0.39 is 25.8 Å². The fraction of sp³-hybridized carbons (Fsp3) is 0.385. The van der Waals surface area contributed by atoms with Gasteiger partial charge in [-0.2, -0.15) is 16.8 Å². The van der Waals surface area contributed by atoms with E-state index in [1.165, 1.54) is 17.5 Å². The van der Waals surface area contributed by atoms with Crippen LogP contribution in [0.25, 0.3) is 0 Å². The number of nitrogens with zero attached hydrogens (tertiary/aromatic N) is 1. The van der Waals surface area contributed by atoms with Gasteiger partial charge in [0.1, 0.15) is 0 Å². The Morgan fingerprint density at radius 3 is 2.57 bits per heavy atom. The fourth-order valence-corrected chi connectivity index (χ4v) is 3.25. The molecular weight excluding hydrogens is 314 g/mol. The zero-order chi connectivity index (χ0) is 15.8. The zero-order valence-corrected chi connectivity index (χ0v) is 13.3. The molecule has 0 aromatic heterocycles. The Kier molecular flexibility index (Phi) is 4.05. The van der Waals surface area contributed by atoms with Gasteiger partial charge in [0.25, 0.3) is 10.1 Å². The minimum Gasteiger partial charge on any atom is -0.282 e. The Hall–Kier alpha value is -1.51. The molecule has 0 saturated heterocycles. The average molecular weight is 330 g/mol. The van der Waals surface area contributed by atoms with Gasteiger partial charge in [-0.15, -0.1) is 0 Å². The van der Waals surface area contributed by atoms with Crippen molar-refractivity contribution in [3.05, 3.63) is 23.8 Å². The maximum absolute atomic E-state index is 11.2. The highest BCUT2D eigenvalue weighted by molar-refractivity contribution is 7.85. The Labute approximate surface area is 125 Å². The zero-order valence-electron chi connectivity index (χ0n) is 11.6. The molecule has 0 aliphatic carbocycles. The summed E-state index contributed by atoms with van der Waals surface area (Å²) in [5.41, 5.74) is 1.20. The lowest BCUT2D eigenvalue weighted by atomic mass is 9.87. The van der Waals surface area contributed by atoms with Gasteiger partial charge in [-0.05, 0) is 26.0 Å². The van der Waals surface area contributed by atoms with Gasteiger partial charge in [0.2, 0.25) is 16.0 Å². The van der Waals surface area contributed by atoms with Crippen LogP contribution in [0.1, 0.15) is 25.8 Å². The lowest BCUT2D eigenvalue weighted by Crippen LogP contribution is -2.17. The van der Waals surface area contributed by atoms with Gasteiger partial charge >= 0.3 is 0 Å². The van der Waals surface area contributed by atoms with E-state index >= 15 is 0 Å². The first-order valence-electron chi connectivity index (χ1n) is 6.27. The Bertz CT molecular complexity index is 841. The molecule has 0 amide bonds. The van der Waals surface area contributed by atoms with Crippen LogP contribution >= 0.6 is 0 Å². The van der Waals surface area contributed by atoms with Crippen molar-refractivity contribution in [2.45, 2.75) is 30.6 Å². The van der Waals surface area contributed by atoms with Crippen LogP contribution in [0.3, 0.4) is 0 Å². The van der Waals surface area contributed by atoms with Crippen LogP contribution in [0.4, 0.5) is 5.69 Å². The molecule has 1 heterocycles. The van der Waals surface area contributed by atoms with Crippen molar-refractivity contribution in [2.75, 3.05) is 6.54 Å². The van der Waals surface area contributed by atoms with Gasteiger partial charge in [0.15, 0.2) is 12.8 Å². The quantitative estimate of drug-likeness (QED) is 0.505. The molecule has 1 N–H and O–H groups in total. The molecule has 1 aliphatic heterocycles. The van der Waals surface area contributed by atoms with Crippen LogP contribution in [0.5, 0.6) is 0 Å². The topological polar surface area (TPSA) is 91.5 Å². The second-order valence-corrected chi connectivity index (χ2v) is 7.69. The molecule has 21 heavy (non-hydrogen) atoms. The standard InChI is InChI=1S/C13H15NO5S2/c1-13(2)9-14(6-3-7-20(15)16)12-5-4-10(8-11(12)13)21(17,18)19/h4-5,7-9H,3,6H2,1-2H3/p+1. The van der Waals surface area contributed by atoms with Crippen molar-refractivity contribution >= 4 is 37.7 Å². The summed E-state index contributed by atoms with van der Waals surface area (Å²) in [6, 6.07) is 4.42. The van der Waals surface area contributed by atoms with Crippen LogP contribution in [0.2, 0.25) is 0 Å². The molecule has 0 atom stereocenters. The number of fused-ring (bicyclic) bond motifs is 1. The van der Waals surface area contributed by atoms with E-state index in [-0.39, 0.29) is 4.90 Å². The summed E-state index contributed by atoms with van der Waals surface area (Å²) < 4.78 is 54.5. The van der Waals surface area contributed by atoms with Crippen molar-refractivity contribution in [3.8, 4) is 0 Å². The van der Waals surface area contributed by atoms with Crippen molar-refractivity contribution in [1.82, 2.24) is 0 Å². The molecule has 0 bridgehead atoms. The van der Waals surface area contributed by atoms with Gasteiger partial charge in [0.05, 0.1) is 10.3 Å². The van der Waals surface area contributed by atoms with Crippen LogP contribution in [-0.2, 0) is 25.8 Å². The van der Waals surface area contributed by atoms with Crippen molar-refractivity contribution in [1.29, 1.82) is 0 Å². The third-order valence-corrected chi connectivity index (χ3v) is 4.73. The normalized spacial score (nSPS) is 16.2. The van der Waals surface area contributed by atoms with Gasteiger partial charge in [-0.1, -0.05) is 0 Å². The second-order valence-electron chi connectivity index (χ2n) is 5.41. The molecule has 8 heteroatoms. The molecule has 0 radical (unpaired) electrons. The molecule has 0 fully saturated rings. The van der Waals surface area contributed by atoms with Crippen LogP contribution in [0, 0.1) is 0 Å². The first-order chi connectivity index (χ1) is 9.61. The maximum Gasteiger partial charge on any atom is 0.294 e. The SMILES string of the molecule is CC1(C)C=[N+](CCC=S(=O)=O)c2ccc(S(=O)(=O)O)cc21. The smallest absolute Gasteiger partial charge is 0.282 e. The lowest BCUT2D eigenvalue weighted by molar-refractivity contribution is -0.431. The predicted molar refractivity (Wildman–Crippen MR) is 79.7 cm³/mol. The monoisotopic (exact) mass is 330 g/mol. The van der Waals surface area contributed by atoms with E-state index in [2.05, 4.69) is 0 Å². The largest absolute Gasteiger partial charge is 0.294 e. The molecule has 0 saturated carbocycles. The first kappa shape index (κ1) is 15.9. The molecule has 1 aliphatic rings.